The molecule has 1 aliphatic heterocycles. The summed E-state index contributed by atoms with van der Waals surface area (Å²) < 4.78 is 32.0. The van der Waals surface area contributed by atoms with Crippen LogP contribution in [0.4, 0.5) is 0 Å². The Morgan fingerprint density at radius 3 is 2.77 bits per heavy atom. The van der Waals surface area contributed by atoms with Gasteiger partial charge in [0.2, 0.25) is 10.0 Å². The topological polar surface area (TPSA) is 89.7 Å². The van der Waals surface area contributed by atoms with Gasteiger partial charge in [0.25, 0.3) is 0 Å². The van der Waals surface area contributed by atoms with E-state index in [0.29, 0.717) is 12.1 Å². The minimum atomic E-state index is -3.73. The molecular weight excluding hydrogens is 348 g/mol. The molecule has 9 heteroatoms. The van der Waals surface area contributed by atoms with E-state index in [2.05, 4.69) is 4.74 Å². The zero-order valence-corrected chi connectivity index (χ0v) is 15.0. The molecule has 0 radical (unpaired) electrons. The summed E-state index contributed by atoms with van der Waals surface area (Å²) in [6.45, 7) is 2.42. The molecule has 1 fully saturated rings. The van der Waals surface area contributed by atoms with Crippen LogP contribution in [0.2, 0.25) is 0 Å². The number of aryl methyl sites for hydroxylation is 1. The van der Waals surface area contributed by atoms with Gasteiger partial charge in [-0.05, 0) is 30.7 Å². The van der Waals surface area contributed by atoms with Gasteiger partial charge in [-0.25, -0.2) is 13.2 Å². The Labute approximate surface area is 141 Å². The summed E-state index contributed by atoms with van der Waals surface area (Å²) in [4.78, 5) is 12.0. The number of ether oxygens (including phenoxy) is 1. The van der Waals surface area contributed by atoms with E-state index in [4.69, 9.17) is 5.73 Å². The Morgan fingerprint density at radius 1 is 1.50 bits per heavy atom. The summed E-state index contributed by atoms with van der Waals surface area (Å²) in [5.74, 6) is -0.618. The maximum Gasteiger partial charge on any atom is 0.349 e. The molecule has 0 amide bonds. The van der Waals surface area contributed by atoms with Gasteiger partial charge in [0, 0.05) is 19.1 Å². The van der Waals surface area contributed by atoms with Crippen LogP contribution in [0.15, 0.2) is 10.3 Å². The number of rotatable bonds is 4. The van der Waals surface area contributed by atoms with Crippen molar-refractivity contribution in [2.45, 2.75) is 37.1 Å². The van der Waals surface area contributed by atoms with Gasteiger partial charge in [-0.15, -0.1) is 23.7 Å². The van der Waals surface area contributed by atoms with E-state index in [1.54, 1.807) is 12.3 Å². The van der Waals surface area contributed by atoms with Gasteiger partial charge in [0.05, 0.1) is 7.11 Å². The summed E-state index contributed by atoms with van der Waals surface area (Å²) in [7, 11) is -2.49. The van der Waals surface area contributed by atoms with E-state index in [1.807, 2.05) is 0 Å². The SMILES string of the molecule is COC(=O)c1scc(C)c1S(=O)(=O)N1CCCCC1CN.Cl. The zero-order valence-electron chi connectivity index (χ0n) is 12.6. The Balaban J connectivity index is 0.00000242. The third-order valence-corrected chi connectivity index (χ3v) is 7.05. The first-order valence-corrected chi connectivity index (χ1v) is 9.13. The van der Waals surface area contributed by atoms with Gasteiger partial charge >= 0.3 is 5.97 Å². The number of esters is 1. The van der Waals surface area contributed by atoms with Crippen molar-refractivity contribution >= 4 is 39.7 Å². The normalized spacial score (nSPS) is 19.5. The van der Waals surface area contributed by atoms with Crippen LogP contribution in [0.3, 0.4) is 0 Å². The van der Waals surface area contributed by atoms with Gasteiger partial charge in [-0.1, -0.05) is 6.42 Å². The van der Waals surface area contributed by atoms with Crippen molar-refractivity contribution in [1.82, 2.24) is 4.31 Å². The number of nitrogens with two attached hydrogens (primary N) is 1. The average Bonchev–Trinajstić information content (AvgIpc) is 2.88. The molecule has 6 nitrogen and oxygen atoms in total. The molecule has 126 valence electrons. The summed E-state index contributed by atoms with van der Waals surface area (Å²) >= 11 is 1.10. The minimum Gasteiger partial charge on any atom is -0.465 e. The van der Waals surface area contributed by atoms with Crippen molar-refractivity contribution in [1.29, 1.82) is 0 Å². The number of halogens is 1. The number of hydrogen-bond donors (Lipinski definition) is 1. The number of methoxy groups -OCH3 is 1. The molecular formula is C13H21ClN2O4S2. The highest BCUT2D eigenvalue weighted by atomic mass is 35.5. The second kappa shape index (κ2) is 7.74. The fourth-order valence-electron chi connectivity index (χ4n) is 2.63. The van der Waals surface area contributed by atoms with Crippen molar-refractivity contribution in [3.8, 4) is 0 Å². The Hall–Kier alpha value is -0.670. The van der Waals surface area contributed by atoms with E-state index in [-0.39, 0.29) is 34.8 Å². The Kier molecular flexibility index (Phi) is 6.82. The molecule has 1 atom stereocenters. The van der Waals surface area contributed by atoms with Crippen LogP contribution in [0.5, 0.6) is 0 Å². The van der Waals surface area contributed by atoms with Gasteiger partial charge in [0.15, 0.2) is 0 Å². The maximum atomic E-state index is 12.9. The van der Waals surface area contributed by atoms with E-state index < -0.39 is 16.0 Å². The van der Waals surface area contributed by atoms with Crippen molar-refractivity contribution in [3.63, 3.8) is 0 Å². The molecule has 1 unspecified atom stereocenters. The minimum absolute atomic E-state index is 0. The van der Waals surface area contributed by atoms with Gasteiger partial charge in [0.1, 0.15) is 9.77 Å². The summed E-state index contributed by atoms with van der Waals surface area (Å²) in [5.41, 5.74) is 6.28. The zero-order chi connectivity index (χ0) is 15.6. The lowest BCUT2D eigenvalue weighted by Crippen LogP contribution is -2.47. The molecule has 0 aromatic carbocycles. The Bertz CT molecular complexity index is 630. The van der Waals surface area contributed by atoms with E-state index in [9.17, 15) is 13.2 Å². The number of carbonyl (C=O) groups excluding carboxylic acids is 1. The highest BCUT2D eigenvalue weighted by Gasteiger charge is 2.37. The fourth-order valence-corrected chi connectivity index (χ4v) is 6.00. The van der Waals surface area contributed by atoms with E-state index in [1.165, 1.54) is 11.4 Å². The van der Waals surface area contributed by atoms with Crippen LogP contribution in [0, 0.1) is 6.92 Å². The molecule has 0 aliphatic carbocycles. The van der Waals surface area contributed by atoms with Crippen molar-refractivity contribution in [2.24, 2.45) is 5.73 Å². The lowest BCUT2D eigenvalue weighted by Gasteiger charge is -2.34. The lowest BCUT2D eigenvalue weighted by molar-refractivity contribution is 0.0602. The van der Waals surface area contributed by atoms with E-state index in [0.717, 1.165) is 30.6 Å². The van der Waals surface area contributed by atoms with Gasteiger partial charge < -0.3 is 10.5 Å². The molecule has 2 rings (SSSR count). The smallest absolute Gasteiger partial charge is 0.349 e. The molecule has 0 saturated carbocycles. The Morgan fingerprint density at radius 2 is 2.18 bits per heavy atom. The van der Waals surface area contributed by atoms with Crippen molar-refractivity contribution in [3.05, 3.63) is 15.8 Å². The summed E-state index contributed by atoms with van der Waals surface area (Å²) in [6.07, 6.45) is 2.54. The number of nitrogens with zero attached hydrogens (tertiary/aromatic N) is 1. The molecule has 1 aromatic heterocycles. The van der Waals surface area contributed by atoms with Crippen LogP contribution in [0.25, 0.3) is 0 Å². The van der Waals surface area contributed by atoms with Crippen LogP contribution < -0.4 is 5.73 Å². The summed E-state index contributed by atoms with van der Waals surface area (Å²) in [6, 6.07) is -0.200. The third-order valence-electron chi connectivity index (χ3n) is 3.70. The first kappa shape index (κ1) is 19.4. The quantitative estimate of drug-likeness (QED) is 0.818. The van der Waals surface area contributed by atoms with Crippen LogP contribution in [0.1, 0.15) is 34.5 Å². The van der Waals surface area contributed by atoms with E-state index >= 15 is 0 Å². The molecule has 1 aliphatic rings. The van der Waals surface area contributed by atoms with Gasteiger partial charge in [-0.3, -0.25) is 0 Å². The second-order valence-corrected chi connectivity index (χ2v) is 7.78. The number of piperidine rings is 1. The fraction of sp³-hybridized carbons (Fsp3) is 0.615. The molecule has 1 saturated heterocycles. The van der Waals surface area contributed by atoms with Crippen LogP contribution in [-0.4, -0.2) is 44.9 Å². The molecule has 1 aromatic rings. The predicted octanol–water partition coefficient (Wildman–Crippen LogP) is 1.77. The third kappa shape index (κ3) is 3.46. The number of thiophene rings is 1. The van der Waals surface area contributed by atoms with Gasteiger partial charge in [-0.2, -0.15) is 4.31 Å². The number of carbonyl (C=O) groups is 1. The monoisotopic (exact) mass is 368 g/mol. The van der Waals surface area contributed by atoms with Crippen molar-refractivity contribution in [2.75, 3.05) is 20.2 Å². The number of sulfonamides is 1. The summed E-state index contributed by atoms with van der Waals surface area (Å²) in [5, 5.41) is 1.67. The molecule has 22 heavy (non-hydrogen) atoms. The average molecular weight is 369 g/mol. The largest absolute Gasteiger partial charge is 0.465 e. The first-order valence-electron chi connectivity index (χ1n) is 6.81. The lowest BCUT2D eigenvalue weighted by atomic mass is 10.1. The van der Waals surface area contributed by atoms with Crippen LogP contribution in [-0.2, 0) is 14.8 Å². The molecule has 2 heterocycles. The standard InChI is InChI=1S/C13H20N2O4S2.ClH/c1-9-8-20-11(13(16)19-2)12(9)21(17,18)15-6-4-3-5-10(15)7-14;/h8,10H,3-7,14H2,1-2H3;1H. The van der Waals surface area contributed by atoms with Crippen molar-refractivity contribution < 1.29 is 17.9 Å². The number of hydrogen-bond acceptors (Lipinski definition) is 6. The second-order valence-electron chi connectivity index (χ2n) is 5.07. The highest BCUT2D eigenvalue weighted by molar-refractivity contribution is 7.89. The first-order chi connectivity index (χ1) is 9.93. The maximum absolute atomic E-state index is 12.9. The van der Waals surface area contributed by atoms with Crippen LogP contribution >= 0.6 is 23.7 Å². The highest BCUT2D eigenvalue weighted by Crippen LogP contribution is 2.33. The predicted molar refractivity (Wildman–Crippen MR) is 88.2 cm³/mol. The molecule has 0 bridgehead atoms. The molecule has 0 spiro atoms. The molecule has 2 N–H and O–H groups in total.